The standard InChI is InChI=1S/C22H28N2O2S/c1-15(2)13-14-26-18-11-9-17(10-12-18)21(25)24-22(27)23-20-8-6-5-7-19(20)16(3)4/h5-12,15-16H,13-14H2,1-4H3,(H2,23,24,25,27). The SMILES string of the molecule is CC(C)CCOc1ccc(C(=O)NC(=S)Nc2ccccc2C(C)C)cc1. The number of amides is 1. The number of thiocarbonyl (C=S) groups is 1. The molecule has 0 atom stereocenters. The Bertz CT molecular complexity index is 770. The number of anilines is 1. The fourth-order valence-electron chi connectivity index (χ4n) is 2.56. The second-order valence-corrected chi connectivity index (χ2v) is 7.61. The summed E-state index contributed by atoms with van der Waals surface area (Å²) in [4.78, 5) is 12.4. The third kappa shape index (κ3) is 6.68. The van der Waals surface area contributed by atoms with Gasteiger partial charge >= 0.3 is 0 Å². The van der Waals surface area contributed by atoms with Crippen molar-refractivity contribution in [1.29, 1.82) is 0 Å². The Balaban J connectivity index is 1.92. The van der Waals surface area contributed by atoms with Gasteiger partial charge in [0.1, 0.15) is 5.75 Å². The molecule has 0 heterocycles. The molecule has 4 nitrogen and oxygen atoms in total. The monoisotopic (exact) mass is 384 g/mol. The number of nitrogens with one attached hydrogen (secondary N) is 2. The van der Waals surface area contributed by atoms with Crippen LogP contribution in [0.25, 0.3) is 0 Å². The lowest BCUT2D eigenvalue weighted by molar-refractivity contribution is 0.0977. The lowest BCUT2D eigenvalue weighted by Crippen LogP contribution is -2.34. The number of hydrogen-bond donors (Lipinski definition) is 2. The molecule has 0 saturated carbocycles. The lowest BCUT2D eigenvalue weighted by atomic mass is 10.0. The van der Waals surface area contributed by atoms with Crippen molar-refractivity contribution in [2.45, 2.75) is 40.0 Å². The first-order valence-corrected chi connectivity index (χ1v) is 9.71. The maximum absolute atomic E-state index is 12.4. The van der Waals surface area contributed by atoms with Crippen LogP contribution < -0.4 is 15.4 Å². The van der Waals surface area contributed by atoms with Crippen molar-refractivity contribution in [2.75, 3.05) is 11.9 Å². The zero-order valence-corrected chi connectivity index (χ0v) is 17.2. The van der Waals surface area contributed by atoms with Crippen LogP contribution in [0.2, 0.25) is 0 Å². The Hall–Kier alpha value is -2.40. The Morgan fingerprint density at radius 3 is 2.33 bits per heavy atom. The van der Waals surface area contributed by atoms with Crippen LogP contribution in [0.5, 0.6) is 5.75 Å². The minimum atomic E-state index is -0.247. The first-order chi connectivity index (χ1) is 12.9. The minimum absolute atomic E-state index is 0.247. The van der Waals surface area contributed by atoms with Crippen LogP contribution in [-0.2, 0) is 0 Å². The number of para-hydroxylation sites is 1. The fraction of sp³-hybridized carbons (Fsp3) is 0.364. The Morgan fingerprint density at radius 2 is 1.70 bits per heavy atom. The zero-order valence-electron chi connectivity index (χ0n) is 16.4. The highest BCUT2D eigenvalue weighted by molar-refractivity contribution is 7.80. The Labute approximate surface area is 167 Å². The number of carbonyl (C=O) groups excluding carboxylic acids is 1. The second kappa shape index (κ2) is 10.1. The molecule has 5 heteroatoms. The molecule has 2 aromatic rings. The molecule has 0 spiro atoms. The predicted octanol–water partition coefficient (Wildman–Crippen LogP) is 5.36. The molecule has 0 unspecified atom stereocenters. The van der Waals surface area contributed by atoms with Crippen molar-refractivity contribution in [3.05, 3.63) is 59.7 Å². The van der Waals surface area contributed by atoms with E-state index in [1.165, 1.54) is 0 Å². The highest BCUT2D eigenvalue weighted by Crippen LogP contribution is 2.23. The summed E-state index contributed by atoms with van der Waals surface area (Å²) in [5.41, 5.74) is 2.59. The minimum Gasteiger partial charge on any atom is -0.494 e. The van der Waals surface area contributed by atoms with Crippen molar-refractivity contribution in [3.8, 4) is 5.75 Å². The summed E-state index contributed by atoms with van der Waals surface area (Å²) in [6, 6.07) is 15.0. The quantitative estimate of drug-likeness (QED) is 0.631. The molecule has 27 heavy (non-hydrogen) atoms. The van der Waals surface area contributed by atoms with Gasteiger partial charge in [-0.1, -0.05) is 45.9 Å². The average Bonchev–Trinajstić information content (AvgIpc) is 2.62. The van der Waals surface area contributed by atoms with E-state index in [-0.39, 0.29) is 11.0 Å². The van der Waals surface area contributed by atoms with Crippen LogP contribution in [0, 0.1) is 5.92 Å². The van der Waals surface area contributed by atoms with Crippen molar-refractivity contribution in [2.24, 2.45) is 5.92 Å². The number of ether oxygens (including phenoxy) is 1. The van der Waals surface area contributed by atoms with Gasteiger partial charge in [0.05, 0.1) is 6.61 Å². The van der Waals surface area contributed by atoms with Gasteiger partial charge in [0.2, 0.25) is 0 Å². The molecule has 0 bridgehead atoms. The summed E-state index contributed by atoms with van der Waals surface area (Å²) in [6.45, 7) is 9.23. The first-order valence-electron chi connectivity index (χ1n) is 9.31. The molecule has 0 aliphatic heterocycles. The summed E-state index contributed by atoms with van der Waals surface area (Å²) in [7, 11) is 0. The van der Waals surface area contributed by atoms with Gasteiger partial charge in [-0.15, -0.1) is 0 Å². The van der Waals surface area contributed by atoms with Crippen molar-refractivity contribution < 1.29 is 9.53 Å². The van der Waals surface area contributed by atoms with E-state index in [2.05, 4.69) is 44.4 Å². The van der Waals surface area contributed by atoms with Gasteiger partial charge in [-0.05, 0) is 66.4 Å². The molecule has 0 aliphatic carbocycles. The Kier molecular flexibility index (Phi) is 7.80. The van der Waals surface area contributed by atoms with E-state index < -0.39 is 0 Å². The first kappa shape index (κ1) is 20.9. The van der Waals surface area contributed by atoms with Crippen LogP contribution in [0.3, 0.4) is 0 Å². The van der Waals surface area contributed by atoms with Gasteiger partial charge in [-0.2, -0.15) is 0 Å². The summed E-state index contributed by atoms with van der Waals surface area (Å²) in [5.74, 6) is 1.47. The van der Waals surface area contributed by atoms with Crippen molar-refractivity contribution >= 4 is 28.9 Å². The van der Waals surface area contributed by atoms with E-state index in [0.29, 0.717) is 24.0 Å². The van der Waals surface area contributed by atoms with E-state index in [0.717, 1.165) is 23.4 Å². The molecule has 0 aromatic heterocycles. The maximum atomic E-state index is 12.4. The molecule has 2 N–H and O–H groups in total. The van der Waals surface area contributed by atoms with Crippen LogP contribution in [0.15, 0.2) is 48.5 Å². The maximum Gasteiger partial charge on any atom is 0.257 e. The smallest absolute Gasteiger partial charge is 0.257 e. The van der Waals surface area contributed by atoms with Gasteiger partial charge in [0.25, 0.3) is 5.91 Å². The van der Waals surface area contributed by atoms with E-state index in [1.54, 1.807) is 24.3 Å². The topological polar surface area (TPSA) is 50.4 Å². The van der Waals surface area contributed by atoms with Crippen molar-refractivity contribution in [1.82, 2.24) is 5.32 Å². The van der Waals surface area contributed by atoms with Gasteiger partial charge < -0.3 is 10.1 Å². The van der Waals surface area contributed by atoms with E-state index in [4.69, 9.17) is 17.0 Å². The van der Waals surface area contributed by atoms with Crippen LogP contribution >= 0.6 is 12.2 Å². The molecular weight excluding hydrogens is 356 g/mol. The summed E-state index contributed by atoms with van der Waals surface area (Å²) < 4.78 is 5.68. The average molecular weight is 385 g/mol. The summed E-state index contributed by atoms with van der Waals surface area (Å²) >= 11 is 5.30. The normalized spacial score (nSPS) is 10.7. The lowest BCUT2D eigenvalue weighted by Gasteiger charge is -2.15. The summed E-state index contributed by atoms with van der Waals surface area (Å²) in [5, 5.41) is 6.13. The van der Waals surface area contributed by atoms with Crippen LogP contribution in [0.1, 0.15) is 56.0 Å². The summed E-state index contributed by atoms with van der Waals surface area (Å²) in [6.07, 6.45) is 1.00. The number of benzene rings is 2. The number of carbonyl (C=O) groups is 1. The molecule has 2 aromatic carbocycles. The molecule has 1 amide bonds. The molecule has 2 rings (SSSR count). The predicted molar refractivity (Wildman–Crippen MR) is 116 cm³/mol. The molecular formula is C22H28N2O2S. The molecule has 144 valence electrons. The number of hydrogen-bond acceptors (Lipinski definition) is 3. The fourth-order valence-corrected chi connectivity index (χ4v) is 2.76. The van der Waals surface area contributed by atoms with Crippen molar-refractivity contribution in [3.63, 3.8) is 0 Å². The van der Waals surface area contributed by atoms with Gasteiger partial charge in [0, 0.05) is 11.3 Å². The van der Waals surface area contributed by atoms with Gasteiger partial charge in [-0.3, -0.25) is 10.1 Å². The van der Waals surface area contributed by atoms with Gasteiger partial charge in [-0.25, -0.2) is 0 Å². The zero-order chi connectivity index (χ0) is 19.8. The van der Waals surface area contributed by atoms with E-state index >= 15 is 0 Å². The molecule has 0 saturated heterocycles. The third-order valence-corrected chi connectivity index (χ3v) is 4.34. The van der Waals surface area contributed by atoms with E-state index in [9.17, 15) is 4.79 Å². The van der Waals surface area contributed by atoms with E-state index in [1.807, 2.05) is 18.2 Å². The molecule has 0 radical (unpaired) electrons. The third-order valence-electron chi connectivity index (χ3n) is 4.14. The van der Waals surface area contributed by atoms with Gasteiger partial charge in [0.15, 0.2) is 5.11 Å². The molecule has 0 aliphatic rings. The highest BCUT2D eigenvalue weighted by atomic mass is 32.1. The largest absolute Gasteiger partial charge is 0.494 e. The number of rotatable bonds is 7. The highest BCUT2D eigenvalue weighted by Gasteiger charge is 2.11. The second-order valence-electron chi connectivity index (χ2n) is 7.21. The van der Waals surface area contributed by atoms with Crippen LogP contribution in [-0.4, -0.2) is 17.6 Å². The van der Waals surface area contributed by atoms with Crippen LogP contribution in [0.4, 0.5) is 5.69 Å². The Morgan fingerprint density at radius 1 is 1.04 bits per heavy atom. The molecule has 0 fully saturated rings.